The van der Waals surface area contributed by atoms with Crippen LogP contribution in [0.3, 0.4) is 0 Å². The standard InChI is InChI=1S/C22H34O4/c1-14(13-20(24)25)7-9-17-15(2)8-10-18-21(4,5)19(26-16(3)23)11-12-22(17,18)6/h13,17-19H,2,7-12H2,1,3-6H3,(H,24,25)/b14-13+/t17-,18?,19-,22+/m0/s1. The summed E-state index contributed by atoms with van der Waals surface area (Å²) in [7, 11) is 0. The number of hydrogen-bond acceptors (Lipinski definition) is 3. The maximum absolute atomic E-state index is 11.5. The van der Waals surface area contributed by atoms with Gasteiger partial charge in [-0.25, -0.2) is 4.79 Å². The number of rotatable bonds is 5. The lowest BCUT2D eigenvalue weighted by Gasteiger charge is -2.60. The Morgan fingerprint density at radius 1 is 1.27 bits per heavy atom. The first kappa shape index (κ1) is 20.7. The highest BCUT2D eigenvalue weighted by atomic mass is 16.5. The molecule has 2 rings (SSSR count). The number of fused-ring (bicyclic) bond motifs is 1. The Balaban J connectivity index is 2.23. The SMILES string of the molecule is C=C1CCC2C(C)(C)[C@@H](OC(C)=O)CC[C@]2(C)[C@H]1CC/C(C)=C/C(=O)O. The Bertz CT molecular complexity index is 616. The van der Waals surface area contributed by atoms with Gasteiger partial charge < -0.3 is 9.84 Å². The van der Waals surface area contributed by atoms with Crippen LogP contribution in [0.2, 0.25) is 0 Å². The van der Waals surface area contributed by atoms with E-state index in [1.165, 1.54) is 18.6 Å². The lowest BCUT2D eigenvalue weighted by atomic mass is 9.46. The fraction of sp³-hybridized carbons (Fsp3) is 0.727. The molecule has 1 N–H and O–H groups in total. The monoisotopic (exact) mass is 362 g/mol. The summed E-state index contributed by atoms with van der Waals surface area (Å²) < 4.78 is 5.67. The smallest absolute Gasteiger partial charge is 0.328 e. The second-order valence-electron chi connectivity index (χ2n) is 9.13. The molecular formula is C22H34O4. The zero-order valence-corrected chi connectivity index (χ0v) is 16.9. The topological polar surface area (TPSA) is 63.6 Å². The maximum Gasteiger partial charge on any atom is 0.328 e. The molecule has 0 heterocycles. The van der Waals surface area contributed by atoms with Gasteiger partial charge in [-0.2, -0.15) is 0 Å². The van der Waals surface area contributed by atoms with Gasteiger partial charge in [0.05, 0.1) is 0 Å². The van der Waals surface area contributed by atoms with Crippen LogP contribution in [0.1, 0.15) is 73.1 Å². The number of aliphatic carboxylic acids is 1. The van der Waals surface area contributed by atoms with Crippen molar-refractivity contribution >= 4 is 11.9 Å². The van der Waals surface area contributed by atoms with Crippen molar-refractivity contribution in [1.82, 2.24) is 0 Å². The van der Waals surface area contributed by atoms with Crippen LogP contribution in [0.15, 0.2) is 23.8 Å². The van der Waals surface area contributed by atoms with Crippen LogP contribution in [0.4, 0.5) is 0 Å². The number of ether oxygens (including phenoxy) is 1. The van der Waals surface area contributed by atoms with E-state index in [1.54, 1.807) is 0 Å². The molecule has 0 spiro atoms. The third-order valence-electron chi connectivity index (χ3n) is 7.02. The third-order valence-corrected chi connectivity index (χ3v) is 7.02. The molecule has 26 heavy (non-hydrogen) atoms. The molecule has 2 fully saturated rings. The average Bonchev–Trinajstić information content (AvgIpc) is 2.48. The van der Waals surface area contributed by atoms with Crippen molar-refractivity contribution in [3.63, 3.8) is 0 Å². The Morgan fingerprint density at radius 2 is 1.92 bits per heavy atom. The van der Waals surface area contributed by atoms with Crippen molar-refractivity contribution in [3.05, 3.63) is 23.8 Å². The van der Waals surface area contributed by atoms with Crippen LogP contribution in [0, 0.1) is 22.7 Å². The summed E-state index contributed by atoms with van der Waals surface area (Å²) in [6, 6.07) is 0. The molecule has 0 saturated heterocycles. The van der Waals surface area contributed by atoms with Crippen LogP contribution in [-0.4, -0.2) is 23.1 Å². The van der Waals surface area contributed by atoms with Gasteiger partial charge in [0, 0.05) is 18.4 Å². The first-order valence-corrected chi connectivity index (χ1v) is 9.73. The average molecular weight is 363 g/mol. The number of carbonyl (C=O) groups is 2. The lowest BCUT2D eigenvalue weighted by molar-refractivity contribution is -0.174. The van der Waals surface area contributed by atoms with E-state index in [0.29, 0.717) is 11.8 Å². The van der Waals surface area contributed by atoms with Gasteiger partial charge >= 0.3 is 11.9 Å². The first-order chi connectivity index (χ1) is 12.0. The van der Waals surface area contributed by atoms with Gasteiger partial charge in [0.1, 0.15) is 6.10 Å². The van der Waals surface area contributed by atoms with Crippen LogP contribution in [0.5, 0.6) is 0 Å². The normalized spacial score (nSPS) is 34.1. The summed E-state index contributed by atoms with van der Waals surface area (Å²) in [5.41, 5.74) is 2.26. The molecule has 2 aliphatic rings. The molecule has 0 aliphatic heterocycles. The minimum Gasteiger partial charge on any atom is -0.478 e. The van der Waals surface area contributed by atoms with Crippen LogP contribution < -0.4 is 0 Å². The second-order valence-corrected chi connectivity index (χ2v) is 9.13. The Hall–Kier alpha value is -1.58. The van der Waals surface area contributed by atoms with Crippen molar-refractivity contribution < 1.29 is 19.4 Å². The zero-order valence-electron chi connectivity index (χ0n) is 16.9. The van der Waals surface area contributed by atoms with E-state index >= 15 is 0 Å². The van der Waals surface area contributed by atoms with Crippen molar-refractivity contribution in [3.8, 4) is 0 Å². The Morgan fingerprint density at radius 3 is 2.50 bits per heavy atom. The summed E-state index contributed by atoms with van der Waals surface area (Å²) in [6.45, 7) is 14.6. The number of hydrogen-bond donors (Lipinski definition) is 1. The molecular weight excluding hydrogens is 328 g/mol. The highest BCUT2D eigenvalue weighted by Gasteiger charge is 2.56. The van der Waals surface area contributed by atoms with E-state index in [4.69, 9.17) is 9.84 Å². The second kappa shape index (κ2) is 7.58. The minimum atomic E-state index is -0.878. The van der Waals surface area contributed by atoms with Gasteiger partial charge in [-0.05, 0) is 62.7 Å². The highest BCUT2D eigenvalue weighted by molar-refractivity contribution is 5.80. The van der Waals surface area contributed by atoms with Crippen molar-refractivity contribution in [1.29, 1.82) is 0 Å². The van der Waals surface area contributed by atoms with Gasteiger partial charge in [-0.1, -0.05) is 38.5 Å². The molecule has 0 aromatic heterocycles. The van der Waals surface area contributed by atoms with Crippen molar-refractivity contribution in [2.45, 2.75) is 79.2 Å². The Labute approximate surface area is 157 Å². The van der Waals surface area contributed by atoms with Gasteiger partial charge in [0.25, 0.3) is 0 Å². The number of allylic oxidation sites excluding steroid dienone is 2. The maximum atomic E-state index is 11.5. The summed E-state index contributed by atoms with van der Waals surface area (Å²) in [6.07, 6.45) is 6.99. The van der Waals surface area contributed by atoms with E-state index in [0.717, 1.165) is 44.1 Å². The Kier molecular flexibility index (Phi) is 6.04. The van der Waals surface area contributed by atoms with Crippen molar-refractivity contribution in [2.75, 3.05) is 0 Å². The van der Waals surface area contributed by atoms with Gasteiger partial charge in [0.15, 0.2) is 0 Å². The molecule has 146 valence electrons. The zero-order chi connectivity index (χ0) is 19.7. The van der Waals surface area contributed by atoms with Crippen LogP contribution >= 0.6 is 0 Å². The molecule has 2 saturated carbocycles. The highest BCUT2D eigenvalue weighted by Crippen LogP contribution is 2.62. The molecule has 0 bridgehead atoms. The number of carboxylic acids is 1. The van der Waals surface area contributed by atoms with Crippen LogP contribution in [-0.2, 0) is 14.3 Å². The summed E-state index contributed by atoms with van der Waals surface area (Å²) in [4.78, 5) is 22.4. The molecule has 2 aliphatic carbocycles. The molecule has 1 unspecified atom stereocenters. The number of carbonyl (C=O) groups excluding carboxylic acids is 1. The summed E-state index contributed by atoms with van der Waals surface area (Å²) in [5, 5.41) is 8.95. The number of carboxylic acid groups (broad SMARTS) is 1. The summed E-state index contributed by atoms with van der Waals surface area (Å²) >= 11 is 0. The van der Waals surface area contributed by atoms with E-state index in [-0.39, 0.29) is 22.9 Å². The van der Waals surface area contributed by atoms with E-state index in [9.17, 15) is 9.59 Å². The van der Waals surface area contributed by atoms with Crippen molar-refractivity contribution in [2.24, 2.45) is 22.7 Å². The van der Waals surface area contributed by atoms with Gasteiger partial charge in [0.2, 0.25) is 0 Å². The lowest BCUT2D eigenvalue weighted by Crippen LogP contribution is -2.55. The van der Waals surface area contributed by atoms with E-state index in [1.807, 2.05) is 6.92 Å². The largest absolute Gasteiger partial charge is 0.478 e. The summed E-state index contributed by atoms with van der Waals surface area (Å²) in [5.74, 6) is -0.224. The predicted octanol–water partition coefficient (Wildman–Crippen LogP) is 5.14. The molecule has 4 atom stereocenters. The van der Waals surface area contributed by atoms with Gasteiger partial charge in [-0.3, -0.25) is 4.79 Å². The van der Waals surface area contributed by atoms with E-state index in [2.05, 4.69) is 27.4 Å². The van der Waals surface area contributed by atoms with E-state index < -0.39 is 5.97 Å². The molecule has 4 nitrogen and oxygen atoms in total. The molecule has 0 amide bonds. The number of esters is 1. The minimum absolute atomic E-state index is 0.0290. The molecule has 4 heteroatoms. The fourth-order valence-electron chi connectivity index (χ4n) is 5.75. The predicted molar refractivity (Wildman–Crippen MR) is 103 cm³/mol. The fourth-order valence-corrected chi connectivity index (χ4v) is 5.75. The molecule has 0 aromatic rings. The first-order valence-electron chi connectivity index (χ1n) is 9.73. The molecule has 0 radical (unpaired) electrons. The van der Waals surface area contributed by atoms with Gasteiger partial charge in [-0.15, -0.1) is 0 Å². The van der Waals surface area contributed by atoms with Crippen LogP contribution in [0.25, 0.3) is 0 Å². The quantitative estimate of drug-likeness (QED) is 0.418. The third kappa shape index (κ3) is 4.05. The molecule has 0 aromatic carbocycles.